The maximum atomic E-state index is 12.1. The summed E-state index contributed by atoms with van der Waals surface area (Å²) in [4.78, 5) is 26.3. The predicted octanol–water partition coefficient (Wildman–Crippen LogP) is 2.02. The van der Waals surface area contributed by atoms with Gasteiger partial charge in [0, 0.05) is 24.0 Å². The lowest BCUT2D eigenvalue weighted by atomic mass is 10.1. The number of hydrogen-bond donors (Lipinski definition) is 3. The Morgan fingerprint density at radius 1 is 1.04 bits per heavy atom. The van der Waals surface area contributed by atoms with Crippen LogP contribution in [0, 0.1) is 0 Å². The molecule has 2 saturated heterocycles. The first-order chi connectivity index (χ1) is 12.1. The first-order valence-corrected chi connectivity index (χ1v) is 8.89. The van der Waals surface area contributed by atoms with Gasteiger partial charge in [0.05, 0.1) is 0 Å². The van der Waals surface area contributed by atoms with E-state index in [4.69, 9.17) is 4.74 Å². The minimum Gasteiger partial charge on any atom is -0.368 e. The van der Waals surface area contributed by atoms with E-state index in [2.05, 4.69) is 27.9 Å². The molecule has 7 heteroatoms. The number of anilines is 2. The van der Waals surface area contributed by atoms with Gasteiger partial charge in [-0.1, -0.05) is 0 Å². The SMILES string of the molecule is CN1CCC(NC(=O)Nc2ccc(NC(=O)[C@@H]3CCCO3)cc2)CC1. The molecule has 0 unspecified atom stereocenters. The number of ether oxygens (including phenoxy) is 1. The van der Waals surface area contributed by atoms with Gasteiger partial charge in [0.2, 0.25) is 0 Å². The molecular formula is C18H26N4O3. The second-order valence-electron chi connectivity index (χ2n) is 6.74. The second-order valence-corrected chi connectivity index (χ2v) is 6.74. The van der Waals surface area contributed by atoms with E-state index in [1.54, 1.807) is 24.3 Å². The topological polar surface area (TPSA) is 82.7 Å². The van der Waals surface area contributed by atoms with Crippen molar-refractivity contribution < 1.29 is 14.3 Å². The normalized spacial score (nSPS) is 21.7. The van der Waals surface area contributed by atoms with Crippen molar-refractivity contribution in [2.45, 2.75) is 37.8 Å². The third kappa shape index (κ3) is 5.17. The van der Waals surface area contributed by atoms with Crippen molar-refractivity contribution in [3.8, 4) is 0 Å². The molecule has 2 aliphatic rings. The van der Waals surface area contributed by atoms with Crippen LogP contribution in [0.1, 0.15) is 25.7 Å². The van der Waals surface area contributed by atoms with E-state index in [1.165, 1.54) is 0 Å². The van der Waals surface area contributed by atoms with Crippen molar-refractivity contribution in [2.75, 3.05) is 37.4 Å². The lowest BCUT2D eigenvalue weighted by molar-refractivity contribution is -0.124. The van der Waals surface area contributed by atoms with Crippen LogP contribution in [-0.2, 0) is 9.53 Å². The Hall–Kier alpha value is -2.12. The number of piperidine rings is 1. The standard InChI is InChI=1S/C18H26N4O3/c1-22-10-8-15(9-11-22)21-18(24)20-14-6-4-13(5-7-14)19-17(23)16-3-2-12-25-16/h4-7,15-16H,2-3,8-12H2,1H3,(H,19,23)(H2,20,21,24)/t16-/m0/s1. The summed E-state index contributed by atoms with van der Waals surface area (Å²) >= 11 is 0. The van der Waals surface area contributed by atoms with E-state index in [0.29, 0.717) is 18.0 Å². The zero-order chi connectivity index (χ0) is 17.6. The van der Waals surface area contributed by atoms with Gasteiger partial charge < -0.3 is 25.6 Å². The molecular weight excluding hydrogens is 320 g/mol. The maximum Gasteiger partial charge on any atom is 0.319 e. The highest BCUT2D eigenvalue weighted by molar-refractivity contribution is 5.95. The summed E-state index contributed by atoms with van der Waals surface area (Å²) in [5.74, 6) is -0.113. The van der Waals surface area contributed by atoms with E-state index in [-0.39, 0.29) is 24.1 Å². The Morgan fingerprint density at radius 3 is 2.28 bits per heavy atom. The van der Waals surface area contributed by atoms with Crippen LogP contribution in [0.15, 0.2) is 24.3 Å². The van der Waals surface area contributed by atoms with Crippen molar-refractivity contribution >= 4 is 23.3 Å². The summed E-state index contributed by atoms with van der Waals surface area (Å²) in [6, 6.07) is 7.14. The van der Waals surface area contributed by atoms with E-state index in [0.717, 1.165) is 38.8 Å². The first-order valence-electron chi connectivity index (χ1n) is 8.89. The van der Waals surface area contributed by atoms with Gasteiger partial charge in [0.25, 0.3) is 5.91 Å². The van der Waals surface area contributed by atoms with Gasteiger partial charge in [-0.05, 0) is 70.1 Å². The molecule has 1 atom stereocenters. The van der Waals surface area contributed by atoms with Crippen LogP contribution >= 0.6 is 0 Å². The fourth-order valence-corrected chi connectivity index (χ4v) is 3.15. The van der Waals surface area contributed by atoms with Gasteiger partial charge in [-0.2, -0.15) is 0 Å². The van der Waals surface area contributed by atoms with Crippen molar-refractivity contribution in [2.24, 2.45) is 0 Å². The number of rotatable bonds is 4. The molecule has 2 aliphatic heterocycles. The molecule has 3 rings (SSSR count). The average molecular weight is 346 g/mol. The number of nitrogens with zero attached hydrogens (tertiary/aromatic N) is 1. The van der Waals surface area contributed by atoms with Crippen LogP contribution in [0.4, 0.5) is 16.2 Å². The summed E-state index contributed by atoms with van der Waals surface area (Å²) in [5.41, 5.74) is 1.39. The van der Waals surface area contributed by atoms with Crippen LogP contribution in [0.5, 0.6) is 0 Å². The molecule has 0 radical (unpaired) electrons. The maximum absolute atomic E-state index is 12.1. The van der Waals surface area contributed by atoms with E-state index < -0.39 is 0 Å². The molecule has 0 spiro atoms. The predicted molar refractivity (Wildman–Crippen MR) is 96.7 cm³/mol. The summed E-state index contributed by atoms with van der Waals surface area (Å²) in [5, 5.41) is 8.68. The minimum absolute atomic E-state index is 0.113. The van der Waals surface area contributed by atoms with E-state index in [1.807, 2.05) is 0 Å². The number of carbonyl (C=O) groups is 2. The number of carbonyl (C=O) groups excluding carboxylic acids is 2. The third-order valence-electron chi connectivity index (χ3n) is 4.69. The Kier molecular flexibility index (Phi) is 5.88. The second kappa shape index (κ2) is 8.31. The lowest BCUT2D eigenvalue weighted by Crippen LogP contribution is -2.44. The molecule has 1 aromatic carbocycles. The van der Waals surface area contributed by atoms with Gasteiger partial charge >= 0.3 is 6.03 Å². The van der Waals surface area contributed by atoms with Crippen LogP contribution in [0.2, 0.25) is 0 Å². The Labute approximate surface area is 148 Å². The van der Waals surface area contributed by atoms with Gasteiger partial charge in [-0.25, -0.2) is 4.79 Å². The molecule has 7 nitrogen and oxygen atoms in total. The lowest BCUT2D eigenvalue weighted by Gasteiger charge is -2.29. The van der Waals surface area contributed by atoms with Crippen molar-refractivity contribution in [3.63, 3.8) is 0 Å². The highest BCUT2D eigenvalue weighted by atomic mass is 16.5. The molecule has 2 heterocycles. The zero-order valence-corrected chi connectivity index (χ0v) is 14.6. The number of likely N-dealkylation sites (tertiary alicyclic amines) is 1. The van der Waals surface area contributed by atoms with Crippen molar-refractivity contribution in [1.29, 1.82) is 0 Å². The average Bonchev–Trinajstić information content (AvgIpc) is 3.13. The molecule has 3 N–H and O–H groups in total. The minimum atomic E-state index is -0.349. The number of nitrogens with one attached hydrogen (secondary N) is 3. The van der Waals surface area contributed by atoms with E-state index >= 15 is 0 Å². The van der Waals surface area contributed by atoms with Crippen LogP contribution in [0.3, 0.4) is 0 Å². The summed E-state index contributed by atoms with van der Waals surface area (Å²) in [6.45, 7) is 2.65. The first kappa shape index (κ1) is 17.7. The molecule has 0 aromatic heterocycles. The highest BCUT2D eigenvalue weighted by Crippen LogP contribution is 2.17. The molecule has 3 amide bonds. The quantitative estimate of drug-likeness (QED) is 0.779. The summed E-state index contributed by atoms with van der Waals surface area (Å²) in [7, 11) is 2.09. The Balaban J connectivity index is 1.45. The van der Waals surface area contributed by atoms with Crippen LogP contribution in [0.25, 0.3) is 0 Å². The number of urea groups is 1. The van der Waals surface area contributed by atoms with Crippen LogP contribution < -0.4 is 16.0 Å². The molecule has 0 bridgehead atoms. The van der Waals surface area contributed by atoms with E-state index in [9.17, 15) is 9.59 Å². The molecule has 1 aromatic rings. The summed E-state index contributed by atoms with van der Waals surface area (Å²) < 4.78 is 5.36. The molecule has 0 aliphatic carbocycles. The number of hydrogen-bond acceptors (Lipinski definition) is 4. The Morgan fingerprint density at radius 2 is 1.68 bits per heavy atom. The number of benzene rings is 1. The third-order valence-corrected chi connectivity index (χ3v) is 4.69. The molecule has 0 saturated carbocycles. The number of amides is 3. The fourth-order valence-electron chi connectivity index (χ4n) is 3.15. The Bertz CT molecular complexity index is 591. The van der Waals surface area contributed by atoms with Crippen molar-refractivity contribution in [3.05, 3.63) is 24.3 Å². The molecule has 136 valence electrons. The largest absolute Gasteiger partial charge is 0.368 e. The highest BCUT2D eigenvalue weighted by Gasteiger charge is 2.23. The van der Waals surface area contributed by atoms with Gasteiger partial charge in [0.1, 0.15) is 6.10 Å². The fraction of sp³-hybridized carbons (Fsp3) is 0.556. The van der Waals surface area contributed by atoms with Crippen LogP contribution in [-0.4, -0.2) is 55.7 Å². The molecule has 25 heavy (non-hydrogen) atoms. The molecule has 2 fully saturated rings. The zero-order valence-electron chi connectivity index (χ0n) is 14.6. The van der Waals surface area contributed by atoms with Gasteiger partial charge in [-0.3, -0.25) is 4.79 Å². The summed E-state index contributed by atoms with van der Waals surface area (Å²) in [6.07, 6.45) is 3.28. The van der Waals surface area contributed by atoms with Gasteiger partial charge in [-0.15, -0.1) is 0 Å². The van der Waals surface area contributed by atoms with Gasteiger partial charge in [0.15, 0.2) is 0 Å². The monoisotopic (exact) mass is 346 g/mol. The van der Waals surface area contributed by atoms with Crippen molar-refractivity contribution in [1.82, 2.24) is 10.2 Å². The smallest absolute Gasteiger partial charge is 0.319 e.